The lowest BCUT2D eigenvalue weighted by molar-refractivity contribution is -0.384. The first-order valence-electron chi connectivity index (χ1n) is 10.7. The quantitative estimate of drug-likeness (QED) is 0.287. The van der Waals surface area contributed by atoms with Gasteiger partial charge in [0.25, 0.3) is 11.6 Å². The van der Waals surface area contributed by atoms with Crippen molar-refractivity contribution in [3.8, 4) is 22.6 Å². The predicted octanol–water partition coefficient (Wildman–Crippen LogP) is 3.96. The summed E-state index contributed by atoms with van der Waals surface area (Å²) in [6, 6.07) is 23.6. The summed E-state index contributed by atoms with van der Waals surface area (Å²) < 4.78 is 3.05. The molecule has 0 aliphatic heterocycles. The van der Waals surface area contributed by atoms with E-state index < -0.39 is 10.8 Å². The van der Waals surface area contributed by atoms with Gasteiger partial charge in [-0.15, -0.1) is 0 Å². The maximum atomic E-state index is 12.9. The van der Waals surface area contributed by atoms with Crippen molar-refractivity contribution < 1.29 is 9.72 Å². The zero-order valence-corrected chi connectivity index (χ0v) is 18.4. The van der Waals surface area contributed by atoms with Crippen molar-refractivity contribution in [1.82, 2.24) is 29.9 Å². The second-order valence-corrected chi connectivity index (χ2v) is 7.63. The molecule has 3 aromatic carbocycles. The molecule has 0 saturated heterocycles. The van der Waals surface area contributed by atoms with E-state index in [1.54, 1.807) is 4.68 Å². The molecule has 5 rings (SSSR count). The molecular weight excluding hydrogens is 446 g/mol. The van der Waals surface area contributed by atoms with E-state index in [1.165, 1.54) is 35.5 Å². The van der Waals surface area contributed by atoms with Gasteiger partial charge in [0.05, 0.1) is 16.3 Å². The minimum Gasteiger partial charge on any atom is -0.348 e. The molecule has 5 aromatic rings. The van der Waals surface area contributed by atoms with Crippen LogP contribution in [-0.4, -0.2) is 35.4 Å². The van der Waals surface area contributed by atoms with Gasteiger partial charge in [0.1, 0.15) is 18.3 Å². The summed E-state index contributed by atoms with van der Waals surface area (Å²) in [5.41, 5.74) is 3.49. The first-order chi connectivity index (χ1) is 17.1. The lowest BCUT2D eigenvalue weighted by atomic mass is 10.1. The highest BCUT2D eigenvalue weighted by Gasteiger charge is 2.20. The summed E-state index contributed by atoms with van der Waals surface area (Å²) in [4.78, 5) is 27.8. The number of carbonyl (C=O) groups is 1. The molecule has 0 fully saturated rings. The lowest BCUT2D eigenvalue weighted by Gasteiger charge is -2.08. The van der Waals surface area contributed by atoms with Gasteiger partial charge in [-0.3, -0.25) is 14.9 Å². The number of amides is 1. The molecule has 10 nitrogen and oxygen atoms in total. The van der Waals surface area contributed by atoms with Gasteiger partial charge >= 0.3 is 0 Å². The van der Waals surface area contributed by atoms with Gasteiger partial charge in [-0.25, -0.2) is 14.3 Å². The Morgan fingerprint density at radius 3 is 2.40 bits per heavy atom. The van der Waals surface area contributed by atoms with E-state index in [4.69, 9.17) is 5.10 Å². The normalized spacial score (nSPS) is 10.7. The zero-order chi connectivity index (χ0) is 24.2. The molecule has 0 saturated carbocycles. The summed E-state index contributed by atoms with van der Waals surface area (Å²) in [5, 5.41) is 23.1. The van der Waals surface area contributed by atoms with E-state index in [2.05, 4.69) is 15.4 Å². The third kappa shape index (κ3) is 4.53. The van der Waals surface area contributed by atoms with Crippen LogP contribution in [0, 0.1) is 10.1 Å². The fourth-order valence-electron chi connectivity index (χ4n) is 3.71. The van der Waals surface area contributed by atoms with Crippen molar-refractivity contribution in [1.29, 1.82) is 0 Å². The van der Waals surface area contributed by atoms with E-state index in [9.17, 15) is 14.9 Å². The van der Waals surface area contributed by atoms with E-state index in [-0.39, 0.29) is 23.5 Å². The average Bonchev–Trinajstić information content (AvgIpc) is 3.59. The van der Waals surface area contributed by atoms with Crippen LogP contribution in [0.5, 0.6) is 0 Å². The summed E-state index contributed by atoms with van der Waals surface area (Å²) >= 11 is 0. The highest BCUT2D eigenvalue weighted by Crippen LogP contribution is 2.25. The standard InChI is InChI=1S/C25H19N7O3/c33-25(19-11-12-22(23(13-19)32(34)35)31-17-26-16-28-31)27-14-20-15-30(21-9-5-2-6-10-21)29-24(20)18-7-3-1-4-8-18/h1-13,15-17H,14H2,(H,27,33). The molecule has 0 radical (unpaired) electrons. The Hall–Kier alpha value is -5.12. The number of benzene rings is 3. The fraction of sp³-hybridized carbons (Fsp3) is 0.0400. The number of carbonyl (C=O) groups excluding carboxylic acids is 1. The zero-order valence-electron chi connectivity index (χ0n) is 18.4. The van der Waals surface area contributed by atoms with Gasteiger partial charge in [0.15, 0.2) is 0 Å². The smallest absolute Gasteiger partial charge is 0.295 e. The van der Waals surface area contributed by atoms with Gasteiger partial charge in [0.2, 0.25) is 0 Å². The molecule has 1 amide bonds. The Bertz CT molecular complexity index is 1480. The van der Waals surface area contributed by atoms with Crippen LogP contribution in [0.4, 0.5) is 5.69 Å². The van der Waals surface area contributed by atoms with Gasteiger partial charge < -0.3 is 5.32 Å². The number of rotatable bonds is 7. The fourth-order valence-corrected chi connectivity index (χ4v) is 3.71. The number of para-hydroxylation sites is 1. The van der Waals surface area contributed by atoms with Crippen molar-refractivity contribution in [3.05, 3.63) is 119 Å². The molecule has 0 aliphatic carbocycles. The molecule has 10 heteroatoms. The van der Waals surface area contributed by atoms with Crippen molar-refractivity contribution in [2.75, 3.05) is 0 Å². The van der Waals surface area contributed by atoms with Gasteiger partial charge in [-0.1, -0.05) is 48.5 Å². The van der Waals surface area contributed by atoms with Crippen molar-refractivity contribution >= 4 is 11.6 Å². The summed E-state index contributed by atoms with van der Waals surface area (Å²) in [5.74, 6) is -0.440. The maximum Gasteiger partial charge on any atom is 0.295 e. The molecule has 172 valence electrons. The lowest BCUT2D eigenvalue weighted by Crippen LogP contribution is -2.23. The first kappa shape index (κ1) is 21.7. The van der Waals surface area contributed by atoms with Crippen LogP contribution in [0.2, 0.25) is 0 Å². The summed E-state index contributed by atoms with van der Waals surface area (Å²) in [7, 11) is 0. The maximum absolute atomic E-state index is 12.9. The first-order valence-corrected chi connectivity index (χ1v) is 10.7. The summed E-state index contributed by atoms with van der Waals surface area (Å²) in [6.07, 6.45) is 4.51. The van der Waals surface area contributed by atoms with Gasteiger partial charge in [-0.05, 0) is 24.3 Å². The van der Waals surface area contributed by atoms with E-state index in [0.29, 0.717) is 0 Å². The number of hydrogen-bond donors (Lipinski definition) is 1. The Morgan fingerprint density at radius 1 is 0.971 bits per heavy atom. The van der Waals surface area contributed by atoms with Crippen molar-refractivity contribution in [2.45, 2.75) is 6.54 Å². The molecule has 1 N–H and O–H groups in total. The number of nitrogens with zero attached hydrogens (tertiary/aromatic N) is 6. The largest absolute Gasteiger partial charge is 0.348 e. The minimum atomic E-state index is -0.550. The number of hydrogen-bond acceptors (Lipinski definition) is 6. The number of aromatic nitrogens is 5. The molecule has 0 unspecified atom stereocenters. The number of nitro groups is 1. The van der Waals surface area contributed by atoms with Gasteiger partial charge in [-0.2, -0.15) is 10.2 Å². The second-order valence-electron chi connectivity index (χ2n) is 7.63. The molecule has 0 spiro atoms. The molecular formula is C25H19N7O3. The van der Waals surface area contributed by atoms with E-state index in [0.717, 1.165) is 22.5 Å². The highest BCUT2D eigenvalue weighted by atomic mass is 16.6. The van der Waals surface area contributed by atoms with E-state index in [1.807, 2.05) is 66.9 Å². The van der Waals surface area contributed by atoms with Crippen molar-refractivity contribution in [2.24, 2.45) is 0 Å². The number of nitrogens with one attached hydrogen (secondary N) is 1. The SMILES string of the molecule is O=C(NCc1cn(-c2ccccc2)nc1-c1ccccc1)c1ccc(-n2cncn2)c([N+](=O)[O-])c1. The molecule has 0 aliphatic rings. The third-order valence-electron chi connectivity index (χ3n) is 5.40. The third-order valence-corrected chi connectivity index (χ3v) is 5.40. The Morgan fingerprint density at radius 2 is 1.71 bits per heavy atom. The van der Waals surface area contributed by atoms with Crippen LogP contribution in [0.15, 0.2) is 97.7 Å². The summed E-state index contributed by atoms with van der Waals surface area (Å²) in [6.45, 7) is 0.189. The Balaban J connectivity index is 1.42. The van der Waals surface area contributed by atoms with Crippen molar-refractivity contribution in [3.63, 3.8) is 0 Å². The predicted molar refractivity (Wildman–Crippen MR) is 128 cm³/mol. The molecule has 35 heavy (non-hydrogen) atoms. The van der Waals surface area contributed by atoms with Gasteiger partial charge in [0, 0.05) is 35.5 Å². The van der Waals surface area contributed by atoms with Crippen LogP contribution in [0.1, 0.15) is 15.9 Å². The van der Waals surface area contributed by atoms with Crippen LogP contribution < -0.4 is 5.32 Å². The molecule has 0 bridgehead atoms. The molecule has 0 atom stereocenters. The molecule has 2 aromatic heterocycles. The van der Waals surface area contributed by atoms with E-state index >= 15 is 0 Å². The topological polar surface area (TPSA) is 121 Å². The molecule has 2 heterocycles. The average molecular weight is 465 g/mol. The minimum absolute atomic E-state index is 0.164. The Kier molecular flexibility index (Phi) is 5.83. The Labute approximate surface area is 199 Å². The highest BCUT2D eigenvalue weighted by molar-refractivity contribution is 5.95. The number of nitro benzene ring substituents is 1. The van der Waals surface area contributed by atoms with Crippen LogP contribution in [0.3, 0.4) is 0 Å². The van der Waals surface area contributed by atoms with Crippen LogP contribution in [0.25, 0.3) is 22.6 Å². The van der Waals surface area contributed by atoms with Crippen LogP contribution in [-0.2, 0) is 6.54 Å². The second kappa shape index (κ2) is 9.40. The van der Waals surface area contributed by atoms with Crippen LogP contribution >= 0.6 is 0 Å². The monoisotopic (exact) mass is 465 g/mol.